The molecule has 0 spiro atoms. The third kappa shape index (κ3) is 1.10. The fraction of sp³-hybridized carbons (Fsp3) is 0. The molecule has 4 heteroatoms. The maximum absolute atomic E-state index is 5.01. The fourth-order valence-electron chi connectivity index (χ4n) is 0.737. The number of hydrogen-bond donors (Lipinski definition) is 0. The number of aromatic nitrogens is 3. The zero-order valence-corrected chi connectivity index (χ0v) is 5.56. The Kier molecular flexibility index (Phi) is 1.37. The highest BCUT2D eigenvalue weighted by molar-refractivity contribution is 5.48. The Bertz CT molecular complexity index is 317. The maximum Gasteiger partial charge on any atom is 0.228 e. The summed E-state index contributed by atoms with van der Waals surface area (Å²) in [5.41, 5.74) is 0.713. The van der Waals surface area contributed by atoms with Gasteiger partial charge in [0.05, 0.1) is 18.0 Å². The van der Waals surface area contributed by atoms with Crippen molar-refractivity contribution < 1.29 is 4.42 Å². The average Bonchev–Trinajstić information content (AvgIpc) is 2.58. The van der Waals surface area contributed by atoms with Crippen LogP contribution in [0.4, 0.5) is 0 Å². The maximum atomic E-state index is 5.01. The molecule has 0 aliphatic rings. The van der Waals surface area contributed by atoms with Gasteiger partial charge >= 0.3 is 0 Å². The Morgan fingerprint density at radius 1 is 1.36 bits per heavy atom. The van der Waals surface area contributed by atoms with Gasteiger partial charge < -0.3 is 4.42 Å². The van der Waals surface area contributed by atoms with E-state index in [2.05, 4.69) is 21.4 Å². The molecule has 0 aliphatic carbocycles. The minimum atomic E-state index is 0.514. The van der Waals surface area contributed by atoms with E-state index in [1.807, 2.05) is 0 Å². The monoisotopic (exact) mass is 146 g/mol. The van der Waals surface area contributed by atoms with Gasteiger partial charge in [-0.15, -0.1) is 5.10 Å². The van der Waals surface area contributed by atoms with Crippen molar-refractivity contribution in [2.45, 2.75) is 0 Å². The van der Waals surface area contributed by atoms with E-state index in [0.29, 0.717) is 11.5 Å². The fourth-order valence-corrected chi connectivity index (χ4v) is 0.737. The van der Waals surface area contributed by atoms with Crippen molar-refractivity contribution in [3.63, 3.8) is 0 Å². The summed E-state index contributed by atoms with van der Waals surface area (Å²) >= 11 is 0. The van der Waals surface area contributed by atoms with Gasteiger partial charge in [-0.2, -0.15) is 5.10 Å². The summed E-state index contributed by atoms with van der Waals surface area (Å²) < 4.78 is 5.01. The second-order valence-corrected chi connectivity index (χ2v) is 1.89. The van der Waals surface area contributed by atoms with E-state index >= 15 is 0 Å². The van der Waals surface area contributed by atoms with Crippen molar-refractivity contribution in [1.82, 2.24) is 15.2 Å². The van der Waals surface area contributed by atoms with Crippen molar-refractivity contribution in [2.24, 2.45) is 0 Å². The number of rotatable bonds is 1. The van der Waals surface area contributed by atoms with Crippen LogP contribution in [0, 0.1) is 6.20 Å². The Morgan fingerprint density at radius 3 is 3.00 bits per heavy atom. The van der Waals surface area contributed by atoms with E-state index in [9.17, 15) is 0 Å². The molecule has 2 heterocycles. The zero-order valence-electron chi connectivity index (χ0n) is 5.56. The third-order valence-electron chi connectivity index (χ3n) is 1.20. The Labute approximate surface area is 62.9 Å². The van der Waals surface area contributed by atoms with Gasteiger partial charge in [-0.05, 0) is 6.07 Å². The highest BCUT2D eigenvalue weighted by atomic mass is 16.3. The Balaban J connectivity index is 2.46. The quantitative estimate of drug-likeness (QED) is 0.600. The first-order chi connectivity index (χ1) is 5.47. The van der Waals surface area contributed by atoms with Gasteiger partial charge in [-0.25, -0.2) is 4.98 Å². The van der Waals surface area contributed by atoms with Gasteiger partial charge in [0.15, 0.2) is 0 Å². The minimum Gasteiger partial charge on any atom is -0.444 e. The lowest BCUT2D eigenvalue weighted by Gasteiger charge is -1.88. The Morgan fingerprint density at radius 2 is 2.36 bits per heavy atom. The smallest absolute Gasteiger partial charge is 0.228 e. The van der Waals surface area contributed by atoms with Crippen LogP contribution in [0.15, 0.2) is 29.1 Å². The lowest BCUT2D eigenvalue weighted by atomic mass is 10.3. The summed E-state index contributed by atoms with van der Waals surface area (Å²) in [5, 5.41) is 7.15. The molecular formula is C7H4N3O. The third-order valence-corrected chi connectivity index (χ3v) is 1.20. The van der Waals surface area contributed by atoms with Crippen LogP contribution in [0.25, 0.3) is 11.5 Å². The molecular weight excluding hydrogens is 142 g/mol. The van der Waals surface area contributed by atoms with Crippen LogP contribution >= 0.6 is 0 Å². The summed E-state index contributed by atoms with van der Waals surface area (Å²) in [6.07, 6.45) is 7.30. The van der Waals surface area contributed by atoms with Gasteiger partial charge in [0, 0.05) is 0 Å². The molecule has 0 bridgehead atoms. The first kappa shape index (κ1) is 6.03. The molecule has 2 aromatic rings. The van der Waals surface area contributed by atoms with Crippen LogP contribution in [0.5, 0.6) is 0 Å². The van der Waals surface area contributed by atoms with Gasteiger partial charge in [-0.3, -0.25) is 0 Å². The molecule has 0 atom stereocenters. The van der Waals surface area contributed by atoms with E-state index in [1.165, 1.54) is 6.26 Å². The molecule has 0 N–H and O–H groups in total. The van der Waals surface area contributed by atoms with Crippen molar-refractivity contribution in [2.75, 3.05) is 0 Å². The summed E-state index contributed by atoms with van der Waals surface area (Å²) in [5.74, 6) is 0.514. The van der Waals surface area contributed by atoms with Gasteiger partial charge in [-0.1, -0.05) is 0 Å². The van der Waals surface area contributed by atoms with Gasteiger partial charge in [0.25, 0.3) is 0 Å². The second kappa shape index (κ2) is 2.49. The lowest BCUT2D eigenvalue weighted by molar-refractivity contribution is 0.574. The lowest BCUT2D eigenvalue weighted by Crippen LogP contribution is -1.81. The topological polar surface area (TPSA) is 51.8 Å². The van der Waals surface area contributed by atoms with Crippen LogP contribution in [0.1, 0.15) is 0 Å². The largest absolute Gasteiger partial charge is 0.444 e. The van der Waals surface area contributed by atoms with E-state index in [0.717, 1.165) is 0 Å². The number of oxazole rings is 1. The average molecular weight is 146 g/mol. The minimum absolute atomic E-state index is 0.514. The molecule has 1 radical (unpaired) electrons. The molecule has 0 saturated carbocycles. The van der Waals surface area contributed by atoms with Crippen LogP contribution < -0.4 is 0 Å². The molecule has 0 unspecified atom stereocenters. The molecule has 2 aromatic heterocycles. The molecule has 0 saturated heterocycles. The molecule has 4 nitrogen and oxygen atoms in total. The van der Waals surface area contributed by atoms with Crippen LogP contribution in [0.2, 0.25) is 0 Å². The molecule has 0 amide bonds. The van der Waals surface area contributed by atoms with Crippen LogP contribution in [-0.4, -0.2) is 15.2 Å². The number of hydrogen-bond acceptors (Lipinski definition) is 4. The van der Waals surface area contributed by atoms with Crippen molar-refractivity contribution in [1.29, 1.82) is 0 Å². The summed E-state index contributed by atoms with van der Waals surface area (Å²) in [7, 11) is 0. The van der Waals surface area contributed by atoms with Gasteiger partial charge in [0.2, 0.25) is 5.89 Å². The van der Waals surface area contributed by atoms with Crippen LogP contribution in [0.3, 0.4) is 0 Å². The van der Waals surface area contributed by atoms with E-state index in [4.69, 9.17) is 4.42 Å². The predicted octanol–water partition coefficient (Wildman–Crippen LogP) is 0.932. The highest BCUT2D eigenvalue weighted by Crippen LogP contribution is 2.12. The van der Waals surface area contributed by atoms with Gasteiger partial charge in [0.1, 0.15) is 12.5 Å². The summed E-state index contributed by atoms with van der Waals surface area (Å²) in [6, 6.07) is 1.73. The summed E-state index contributed by atoms with van der Waals surface area (Å²) in [4.78, 5) is 3.92. The van der Waals surface area contributed by atoms with Crippen molar-refractivity contribution in [3.05, 3.63) is 30.9 Å². The van der Waals surface area contributed by atoms with E-state index in [-0.39, 0.29) is 0 Å². The molecule has 2 rings (SSSR count). The molecule has 0 aliphatic heterocycles. The highest BCUT2D eigenvalue weighted by Gasteiger charge is 2.00. The normalized spacial score (nSPS) is 9.82. The SMILES string of the molecule is [c]1nnccc1-c1ncco1. The first-order valence-corrected chi connectivity index (χ1v) is 3.06. The zero-order chi connectivity index (χ0) is 7.52. The second-order valence-electron chi connectivity index (χ2n) is 1.89. The molecule has 53 valence electrons. The summed E-state index contributed by atoms with van der Waals surface area (Å²) in [6.45, 7) is 0. The first-order valence-electron chi connectivity index (χ1n) is 3.06. The van der Waals surface area contributed by atoms with E-state index in [1.54, 1.807) is 18.5 Å². The molecule has 0 aromatic carbocycles. The van der Waals surface area contributed by atoms with Crippen molar-refractivity contribution >= 4 is 0 Å². The number of nitrogens with zero attached hydrogens (tertiary/aromatic N) is 3. The van der Waals surface area contributed by atoms with E-state index < -0.39 is 0 Å². The standard InChI is InChI=1S/C7H4N3O/c1-2-9-10-5-6(1)7-8-3-4-11-7/h1-4H. The van der Waals surface area contributed by atoms with Crippen LogP contribution in [-0.2, 0) is 0 Å². The predicted molar refractivity (Wildman–Crippen MR) is 36.4 cm³/mol. The van der Waals surface area contributed by atoms with Crippen molar-refractivity contribution in [3.8, 4) is 11.5 Å². The molecule has 0 fully saturated rings. The Hall–Kier alpha value is -1.71. The molecule has 11 heavy (non-hydrogen) atoms.